The minimum Gasteiger partial charge on any atom is -0.355 e. The second-order valence-electron chi connectivity index (χ2n) is 5.62. The fraction of sp³-hybridized carbons (Fsp3) is 0.857. The maximum Gasteiger partial charge on any atom is 0.224 e. The number of rotatable bonds is 4. The molecule has 0 saturated carbocycles. The average molecular weight is 267 g/mol. The zero-order valence-corrected chi connectivity index (χ0v) is 11.8. The monoisotopic (exact) mass is 267 g/mol. The lowest BCUT2D eigenvalue weighted by molar-refractivity contribution is -0.130. The van der Waals surface area contributed by atoms with Crippen LogP contribution in [0.4, 0.5) is 0 Å². The summed E-state index contributed by atoms with van der Waals surface area (Å²) >= 11 is 0. The van der Waals surface area contributed by atoms with Crippen LogP contribution in [0.3, 0.4) is 0 Å². The highest BCUT2D eigenvalue weighted by Gasteiger charge is 2.27. The van der Waals surface area contributed by atoms with Crippen LogP contribution >= 0.6 is 0 Å². The van der Waals surface area contributed by atoms with E-state index in [0.717, 1.165) is 45.3 Å². The maximum atomic E-state index is 12.0. The van der Waals surface area contributed by atoms with Gasteiger partial charge in [0.25, 0.3) is 0 Å². The van der Waals surface area contributed by atoms with Crippen molar-refractivity contribution in [3.05, 3.63) is 0 Å². The fourth-order valence-corrected chi connectivity index (χ4v) is 2.95. The predicted molar refractivity (Wildman–Crippen MR) is 73.6 cm³/mol. The number of piperidine rings is 1. The van der Waals surface area contributed by atoms with Crippen molar-refractivity contribution in [2.45, 2.75) is 45.1 Å². The Morgan fingerprint density at radius 3 is 2.68 bits per heavy atom. The largest absolute Gasteiger partial charge is 0.355 e. The zero-order valence-electron chi connectivity index (χ0n) is 11.8. The molecule has 0 aromatic heterocycles. The summed E-state index contributed by atoms with van der Waals surface area (Å²) in [5.74, 6) is 0.317. The third kappa shape index (κ3) is 3.93. The van der Waals surface area contributed by atoms with E-state index in [1.165, 1.54) is 0 Å². The molecule has 2 aliphatic rings. The standard InChI is InChI=1S/C14H25N3O2/c1-11-12(5-4-7-15-11)14(19)16-8-6-13(18)17-9-2-3-10-17/h11-12,15H,2-10H2,1H3,(H,16,19). The Hall–Kier alpha value is -1.10. The van der Waals surface area contributed by atoms with Gasteiger partial charge in [-0.1, -0.05) is 0 Å². The molecule has 0 aliphatic carbocycles. The van der Waals surface area contributed by atoms with Crippen molar-refractivity contribution in [1.82, 2.24) is 15.5 Å². The molecule has 2 amide bonds. The minimum absolute atomic E-state index is 0.0515. The van der Waals surface area contributed by atoms with Crippen LogP contribution in [0.15, 0.2) is 0 Å². The molecule has 2 rings (SSSR count). The molecule has 0 aromatic carbocycles. The Bertz CT molecular complexity index is 327. The summed E-state index contributed by atoms with van der Waals surface area (Å²) < 4.78 is 0. The lowest BCUT2D eigenvalue weighted by Gasteiger charge is -2.28. The molecule has 19 heavy (non-hydrogen) atoms. The highest BCUT2D eigenvalue weighted by Crippen LogP contribution is 2.16. The van der Waals surface area contributed by atoms with Gasteiger partial charge in [0.15, 0.2) is 0 Å². The van der Waals surface area contributed by atoms with E-state index in [1.54, 1.807) is 0 Å². The first-order valence-corrected chi connectivity index (χ1v) is 7.47. The van der Waals surface area contributed by atoms with Crippen LogP contribution in [0, 0.1) is 5.92 Å². The minimum atomic E-state index is 0.0515. The number of hydrogen-bond acceptors (Lipinski definition) is 3. The van der Waals surface area contributed by atoms with Crippen LogP contribution in [0.25, 0.3) is 0 Å². The molecule has 2 saturated heterocycles. The van der Waals surface area contributed by atoms with E-state index in [2.05, 4.69) is 17.6 Å². The van der Waals surface area contributed by atoms with Gasteiger partial charge in [0.2, 0.25) is 11.8 Å². The number of nitrogens with zero attached hydrogens (tertiary/aromatic N) is 1. The number of hydrogen-bond donors (Lipinski definition) is 2. The van der Waals surface area contributed by atoms with Crippen molar-refractivity contribution in [2.75, 3.05) is 26.2 Å². The van der Waals surface area contributed by atoms with Crippen LogP contribution in [0.5, 0.6) is 0 Å². The first-order valence-electron chi connectivity index (χ1n) is 7.47. The van der Waals surface area contributed by atoms with Crippen LogP contribution < -0.4 is 10.6 Å². The molecule has 0 bridgehead atoms. The summed E-state index contributed by atoms with van der Waals surface area (Å²) in [6, 6.07) is 0.239. The Morgan fingerprint density at radius 1 is 1.26 bits per heavy atom. The van der Waals surface area contributed by atoms with Gasteiger partial charge in [-0.2, -0.15) is 0 Å². The van der Waals surface area contributed by atoms with Gasteiger partial charge in [0.05, 0.1) is 5.92 Å². The second-order valence-corrected chi connectivity index (χ2v) is 5.62. The summed E-state index contributed by atoms with van der Waals surface area (Å²) in [5, 5.41) is 6.23. The molecule has 2 aliphatic heterocycles. The summed E-state index contributed by atoms with van der Waals surface area (Å²) in [4.78, 5) is 25.8. The number of carbonyl (C=O) groups excluding carboxylic acids is 2. The van der Waals surface area contributed by atoms with Crippen LogP contribution in [-0.2, 0) is 9.59 Å². The van der Waals surface area contributed by atoms with Gasteiger partial charge in [-0.05, 0) is 39.2 Å². The molecule has 2 fully saturated rings. The van der Waals surface area contributed by atoms with Crippen molar-refractivity contribution >= 4 is 11.8 Å². The van der Waals surface area contributed by atoms with Crippen LogP contribution in [0.2, 0.25) is 0 Å². The van der Waals surface area contributed by atoms with Gasteiger partial charge in [-0.25, -0.2) is 0 Å². The van der Waals surface area contributed by atoms with Gasteiger partial charge >= 0.3 is 0 Å². The third-order valence-corrected chi connectivity index (χ3v) is 4.20. The van der Waals surface area contributed by atoms with E-state index >= 15 is 0 Å². The Morgan fingerprint density at radius 2 is 2.00 bits per heavy atom. The predicted octanol–water partition coefficient (Wildman–Crippen LogP) is 0.503. The van der Waals surface area contributed by atoms with E-state index in [1.807, 2.05) is 4.90 Å². The van der Waals surface area contributed by atoms with Gasteiger partial charge in [0.1, 0.15) is 0 Å². The van der Waals surface area contributed by atoms with E-state index in [-0.39, 0.29) is 23.8 Å². The molecule has 5 heteroatoms. The summed E-state index contributed by atoms with van der Waals surface area (Å²) in [7, 11) is 0. The summed E-state index contributed by atoms with van der Waals surface area (Å²) in [6.07, 6.45) is 4.65. The molecular formula is C14H25N3O2. The lowest BCUT2D eigenvalue weighted by atomic mass is 9.91. The second kappa shape index (κ2) is 6.89. The van der Waals surface area contributed by atoms with Gasteiger partial charge in [0, 0.05) is 32.1 Å². The average Bonchev–Trinajstić information content (AvgIpc) is 2.93. The molecular weight excluding hydrogens is 242 g/mol. The van der Waals surface area contributed by atoms with Gasteiger partial charge < -0.3 is 15.5 Å². The molecule has 5 nitrogen and oxygen atoms in total. The van der Waals surface area contributed by atoms with Crippen molar-refractivity contribution in [3.63, 3.8) is 0 Å². The van der Waals surface area contributed by atoms with Crippen LogP contribution in [-0.4, -0.2) is 48.9 Å². The normalized spacial score (nSPS) is 27.3. The highest BCUT2D eigenvalue weighted by molar-refractivity contribution is 5.81. The molecule has 0 radical (unpaired) electrons. The number of amides is 2. The summed E-state index contributed by atoms with van der Waals surface area (Å²) in [5.41, 5.74) is 0. The molecule has 2 unspecified atom stereocenters. The smallest absolute Gasteiger partial charge is 0.224 e. The molecule has 0 spiro atoms. The first kappa shape index (κ1) is 14.3. The zero-order chi connectivity index (χ0) is 13.7. The van der Waals surface area contributed by atoms with E-state index in [4.69, 9.17) is 0 Å². The van der Waals surface area contributed by atoms with Crippen molar-refractivity contribution in [3.8, 4) is 0 Å². The van der Waals surface area contributed by atoms with E-state index in [9.17, 15) is 9.59 Å². The molecule has 2 N–H and O–H groups in total. The highest BCUT2D eigenvalue weighted by atomic mass is 16.2. The van der Waals surface area contributed by atoms with Gasteiger partial charge in [-0.15, -0.1) is 0 Å². The Kier molecular flexibility index (Phi) is 5.19. The number of nitrogens with one attached hydrogen (secondary N) is 2. The van der Waals surface area contributed by atoms with Crippen molar-refractivity contribution in [1.29, 1.82) is 0 Å². The topological polar surface area (TPSA) is 61.4 Å². The lowest BCUT2D eigenvalue weighted by Crippen LogP contribution is -2.47. The molecule has 2 heterocycles. The number of likely N-dealkylation sites (tertiary alicyclic amines) is 1. The van der Waals surface area contributed by atoms with Crippen LogP contribution in [0.1, 0.15) is 39.0 Å². The maximum absolute atomic E-state index is 12.0. The van der Waals surface area contributed by atoms with E-state index < -0.39 is 0 Å². The SMILES string of the molecule is CC1NCCCC1C(=O)NCCC(=O)N1CCCC1. The number of carbonyl (C=O) groups is 2. The quantitative estimate of drug-likeness (QED) is 0.780. The van der Waals surface area contributed by atoms with Gasteiger partial charge in [-0.3, -0.25) is 9.59 Å². The molecule has 2 atom stereocenters. The Balaban J connectivity index is 1.67. The fourth-order valence-electron chi connectivity index (χ4n) is 2.95. The first-order chi connectivity index (χ1) is 9.18. The van der Waals surface area contributed by atoms with E-state index in [0.29, 0.717) is 13.0 Å². The third-order valence-electron chi connectivity index (χ3n) is 4.20. The Labute approximate surface area is 115 Å². The summed E-state index contributed by atoms with van der Waals surface area (Å²) in [6.45, 7) is 5.29. The molecule has 108 valence electrons. The van der Waals surface area contributed by atoms with Crippen molar-refractivity contribution in [2.24, 2.45) is 5.92 Å². The van der Waals surface area contributed by atoms with Crippen molar-refractivity contribution < 1.29 is 9.59 Å². The molecule has 0 aromatic rings.